The molecule has 0 spiro atoms. The van der Waals surface area contributed by atoms with Crippen LogP contribution in [0.25, 0.3) is 0 Å². The predicted molar refractivity (Wildman–Crippen MR) is 122 cm³/mol. The Morgan fingerprint density at radius 3 is 2.57 bits per heavy atom. The van der Waals surface area contributed by atoms with Gasteiger partial charge in [-0.3, -0.25) is 9.52 Å². The lowest BCUT2D eigenvalue weighted by molar-refractivity contribution is -0.123. The van der Waals surface area contributed by atoms with Crippen LogP contribution in [0.5, 0.6) is 0 Å². The SMILES string of the molecule is CCOC(=O)c1cc(C#N)c(N2CCC(C(=O)NS(=O)(=O)Cc3ccccc3F)CC2)nc1CF. The van der Waals surface area contributed by atoms with E-state index in [0.717, 1.165) is 6.07 Å². The molecule has 35 heavy (non-hydrogen) atoms. The van der Waals surface area contributed by atoms with Crippen LogP contribution in [0.15, 0.2) is 30.3 Å². The number of esters is 1. The maximum atomic E-state index is 13.8. The highest BCUT2D eigenvalue weighted by atomic mass is 32.2. The van der Waals surface area contributed by atoms with Crippen LogP contribution in [0.1, 0.15) is 46.9 Å². The summed E-state index contributed by atoms with van der Waals surface area (Å²) in [5.74, 6) is -3.27. The first-order chi connectivity index (χ1) is 16.7. The van der Waals surface area contributed by atoms with Gasteiger partial charge in [-0.15, -0.1) is 0 Å². The number of pyridine rings is 1. The summed E-state index contributed by atoms with van der Waals surface area (Å²) < 4.78 is 59.0. The van der Waals surface area contributed by atoms with Crippen molar-refractivity contribution in [1.82, 2.24) is 9.71 Å². The van der Waals surface area contributed by atoms with E-state index < -0.39 is 46.1 Å². The molecule has 0 unspecified atom stereocenters. The fourth-order valence-electron chi connectivity index (χ4n) is 3.80. The Morgan fingerprint density at radius 2 is 1.97 bits per heavy atom. The maximum Gasteiger partial charge on any atom is 0.340 e. The van der Waals surface area contributed by atoms with Crippen LogP contribution in [0.2, 0.25) is 0 Å². The van der Waals surface area contributed by atoms with Crippen molar-refractivity contribution in [1.29, 1.82) is 5.26 Å². The van der Waals surface area contributed by atoms with E-state index in [0.29, 0.717) is 0 Å². The Bertz CT molecular complexity index is 1260. The number of piperidine rings is 1. The van der Waals surface area contributed by atoms with E-state index in [9.17, 15) is 32.0 Å². The molecule has 0 saturated carbocycles. The fraction of sp³-hybridized carbons (Fsp3) is 0.391. The Hall–Kier alpha value is -3.59. The zero-order valence-electron chi connectivity index (χ0n) is 19.0. The number of sulfonamides is 1. The Labute approximate surface area is 201 Å². The molecule has 2 aromatic rings. The highest BCUT2D eigenvalue weighted by Crippen LogP contribution is 2.27. The Kier molecular flexibility index (Phi) is 8.34. The Morgan fingerprint density at radius 1 is 1.29 bits per heavy atom. The molecule has 186 valence electrons. The lowest BCUT2D eigenvalue weighted by Crippen LogP contribution is -2.43. The molecule has 1 aliphatic rings. The zero-order valence-corrected chi connectivity index (χ0v) is 19.8. The largest absolute Gasteiger partial charge is 0.462 e. The second-order valence-electron chi connectivity index (χ2n) is 7.90. The van der Waals surface area contributed by atoms with Gasteiger partial charge in [-0.25, -0.2) is 27.0 Å². The molecule has 1 amide bonds. The molecule has 1 aromatic carbocycles. The molecule has 2 heterocycles. The molecule has 9 nitrogen and oxygen atoms in total. The van der Waals surface area contributed by atoms with Crippen LogP contribution in [-0.2, 0) is 32.0 Å². The van der Waals surface area contributed by atoms with Gasteiger partial charge < -0.3 is 9.64 Å². The van der Waals surface area contributed by atoms with Gasteiger partial charge in [-0.05, 0) is 31.9 Å². The monoisotopic (exact) mass is 506 g/mol. The summed E-state index contributed by atoms with van der Waals surface area (Å²) in [5.41, 5.74) is -0.270. The predicted octanol–water partition coefficient (Wildman–Crippen LogP) is 2.60. The van der Waals surface area contributed by atoms with Gasteiger partial charge in [-0.2, -0.15) is 5.26 Å². The summed E-state index contributed by atoms with van der Waals surface area (Å²) in [5, 5.41) is 9.54. The average molecular weight is 507 g/mol. The second-order valence-corrected chi connectivity index (χ2v) is 9.62. The van der Waals surface area contributed by atoms with Crippen molar-refractivity contribution in [2.24, 2.45) is 5.92 Å². The van der Waals surface area contributed by atoms with Gasteiger partial charge in [0.2, 0.25) is 15.9 Å². The molecule has 12 heteroatoms. The third-order valence-electron chi connectivity index (χ3n) is 5.55. The number of amides is 1. The number of carbonyl (C=O) groups excluding carboxylic acids is 2. The number of nitrogens with one attached hydrogen (secondary N) is 1. The van der Waals surface area contributed by atoms with Crippen molar-refractivity contribution >= 4 is 27.7 Å². The van der Waals surface area contributed by atoms with Crippen LogP contribution < -0.4 is 9.62 Å². The molecule has 0 bridgehead atoms. The molecule has 1 aromatic heterocycles. The number of hydrogen-bond acceptors (Lipinski definition) is 8. The number of hydrogen-bond donors (Lipinski definition) is 1. The molecule has 1 saturated heterocycles. The minimum absolute atomic E-state index is 0.0485. The summed E-state index contributed by atoms with van der Waals surface area (Å²) in [6.07, 6.45) is 0.496. The van der Waals surface area contributed by atoms with Crippen LogP contribution >= 0.6 is 0 Å². The molecule has 1 aliphatic heterocycles. The van der Waals surface area contributed by atoms with E-state index in [2.05, 4.69) is 4.98 Å². The van der Waals surface area contributed by atoms with Crippen molar-refractivity contribution in [2.75, 3.05) is 24.6 Å². The van der Waals surface area contributed by atoms with Gasteiger partial charge in [0.05, 0.1) is 29.2 Å². The molecule has 1 fully saturated rings. The van der Waals surface area contributed by atoms with Crippen LogP contribution in [-0.4, -0.2) is 45.0 Å². The van der Waals surface area contributed by atoms with Crippen molar-refractivity contribution in [2.45, 2.75) is 32.2 Å². The third kappa shape index (κ3) is 6.30. The minimum Gasteiger partial charge on any atom is -0.462 e. The van der Waals surface area contributed by atoms with E-state index in [1.807, 2.05) is 10.8 Å². The maximum absolute atomic E-state index is 13.8. The number of anilines is 1. The Balaban J connectivity index is 1.68. The smallest absolute Gasteiger partial charge is 0.340 e. The van der Waals surface area contributed by atoms with Crippen molar-refractivity contribution in [3.8, 4) is 6.07 Å². The van der Waals surface area contributed by atoms with Crippen molar-refractivity contribution in [3.63, 3.8) is 0 Å². The molecule has 0 radical (unpaired) electrons. The number of carbonyl (C=O) groups is 2. The van der Waals surface area contributed by atoms with Gasteiger partial charge in [0.15, 0.2) is 0 Å². The lowest BCUT2D eigenvalue weighted by Gasteiger charge is -2.32. The summed E-state index contributed by atoms with van der Waals surface area (Å²) in [6.45, 7) is 1.14. The number of benzene rings is 1. The molecular formula is C23H24F2N4O5S. The highest BCUT2D eigenvalue weighted by molar-refractivity contribution is 7.89. The van der Waals surface area contributed by atoms with Gasteiger partial charge in [0.1, 0.15) is 24.4 Å². The summed E-state index contributed by atoms with van der Waals surface area (Å²) >= 11 is 0. The van der Waals surface area contributed by atoms with E-state index in [1.165, 1.54) is 24.3 Å². The number of nitrogens with zero attached hydrogens (tertiary/aromatic N) is 3. The lowest BCUT2D eigenvalue weighted by atomic mass is 9.96. The first kappa shape index (κ1) is 26.0. The number of alkyl halides is 1. The van der Waals surface area contributed by atoms with Gasteiger partial charge in [0, 0.05) is 24.6 Å². The molecule has 1 N–H and O–H groups in total. The van der Waals surface area contributed by atoms with Crippen LogP contribution in [0.3, 0.4) is 0 Å². The zero-order chi connectivity index (χ0) is 25.6. The standard InChI is InChI=1S/C23H24F2N4O5S/c1-2-34-23(31)18-11-17(13-26)21(27-20(18)12-24)29-9-7-15(8-10-29)22(30)28-35(32,33)14-16-5-3-4-6-19(16)25/h3-6,11,15H,2,7-10,12,14H2,1H3,(H,28,30). The topological polar surface area (TPSA) is 129 Å². The normalized spacial score (nSPS) is 14.3. The second kappa shape index (κ2) is 11.2. The number of ether oxygens (including phenoxy) is 1. The van der Waals surface area contributed by atoms with E-state index in [4.69, 9.17) is 4.74 Å². The van der Waals surface area contributed by atoms with Crippen LogP contribution in [0.4, 0.5) is 14.6 Å². The molecule has 3 rings (SSSR count). The van der Waals surface area contributed by atoms with E-state index in [-0.39, 0.29) is 60.7 Å². The summed E-state index contributed by atoms with van der Waals surface area (Å²) in [6, 6.07) is 8.60. The summed E-state index contributed by atoms with van der Waals surface area (Å²) in [7, 11) is -4.10. The number of halogens is 2. The number of rotatable bonds is 8. The van der Waals surface area contributed by atoms with Crippen molar-refractivity contribution < 1.29 is 31.5 Å². The fourth-order valence-corrected chi connectivity index (χ4v) is 4.99. The van der Waals surface area contributed by atoms with Gasteiger partial charge in [-0.1, -0.05) is 18.2 Å². The van der Waals surface area contributed by atoms with Crippen molar-refractivity contribution in [3.05, 3.63) is 58.5 Å². The number of nitriles is 1. The average Bonchev–Trinajstić information content (AvgIpc) is 2.84. The molecule has 0 atom stereocenters. The minimum atomic E-state index is -4.10. The number of aromatic nitrogens is 1. The van der Waals surface area contributed by atoms with E-state index >= 15 is 0 Å². The quantitative estimate of drug-likeness (QED) is 0.541. The van der Waals surface area contributed by atoms with Crippen LogP contribution in [0, 0.1) is 23.1 Å². The van der Waals surface area contributed by atoms with Gasteiger partial charge >= 0.3 is 5.97 Å². The first-order valence-corrected chi connectivity index (χ1v) is 12.5. The first-order valence-electron chi connectivity index (χ1n) is 10.9. The molecule has 0 aliphatic carbocycles. The third-order valence-corrected chi connectivity index (χ3v) is 6.75. The summed E-state index contributed by atoms with van der Waals surface area (Å²) in [4.78, 5) is 30.5. The van der Waals surface area contributed by atoms with E-state index in [1.54, 1.807) is 11.8 Å². The molecular weight excluding hydrogens is 482 g/mol. The van der Waals surface area contributed by atoms with Gasteiger partial charge in [0.25, 0.3) is 0 Å². The highest BCUT2D eigenvalue weighted by Gasteiger charge is 2.30.